The molecule has 9 heteroatoms. The van der Waals surface area contributed by atoms with Crippen LogP contribution in [0.3, 0.4) is 0 Å². The van der Waals surface area contributed by atoms with Crippen LogP contribution >= 0.6 is 0 Å². The molecule has 190 valence electrons. The predicted molar refractivity (Wildman–Crippen MR) is 140 cm³/mol. The van der Waals surface area contributed by atoms with Gasteiger partial charge in [0.15, 0.2) is 0 Å². The number of hydrogen-bond donors (Lipinski definition) is 3. The first-order chi connectivity index (χ1) is 18.5. The van der Waals surface area contributed by atoms with E-state index in [2.05, 4.69) is 39.1 Å². The highest BCUT2D eigenvalue weighted by atomic mass is 16.4. The fraction of sp³-hybridized carbons (Fsp3) is 0.276. The second kappa shape index (κ2) is 10.7. The molecule has 2 aromatic heterocycles. The van der Waals surface area contributed by atoms with Crippen molar-refractivity contribution in [2.24, 2.45) is 17.7 Å². The lowest BCUT2D eigenvalue weighted by Gasteiger charge is -2.33. The van der Waals surface area contributed by atoms with Crippen LogP contribution in [0.25, 0.3) is 22.2 Å². The lowest BCUT2D eigenvalue weighted by molar-refractivity contribution is -0.152. The summed E-state index contributed by atoms with van der Waals surface area (Å²) in [6.07, 6.45) is 6.01. The van der Waals surface area contributed by atoms with E-state index in [1.165, 1.54) is 4.90 Å². The number of carboxylic acid groups (broad SMARTS) is 1. The Morgan fingerprint density at radius 3 is 2.68 bits per heavy atom. The van der Waals surface area contributed by atoms with Gasteiger partial charge in [-0.05, 0) is 61.8 Å². The van der Waals surface area contributed by atoms with Crippen LogP contribution in [0, 0.1) is 35.5 Å². The molecule has 2 fully saturated rings. The summed E-state index contributed by atoms with van der Waals surface area (Å²) >= 11 is 0. The number of rotatable bonds is 4. The number of aromatic nitrogens is 2. The molecule has 2 amide bonds. The fourth-order valence-electron chi connectivity index (χ4n) is 4.73. The van der Waals surface area contributed by atoms with Crippen LogP contribution in [0.4, 0.5) is 0 Å². The first-order valence-electron chi connectivity index (χ1n) is 12.4. The number of piperidine rings is 1. The van der Waals surface area contributed by atoms with Crippen LogP contribution in [0.15, 0.2) is 48.8 Å². The Bertz CT molecular complexity index is 1540. The van der Waals surface area contributed by atoms with Crippen LogP contribution in [0.1, 0.15) is 41.6 Å². The topological polar surface area (TPSA) is 139 Å². The van der Waals surface area contributed by atoms with Gasteiger partial charge in [-0.15, -0.1) is 0 Å². The van der Waals surface area contributed by atoms with Crippen LogP contribution in [0.5, 0.6) is 0 Å². The molecule has 3 aromatic rings. The number of carbonyl (C=O) groups is 3. The maximum atomic E-state index is 12.8. The Morgan fingerprint density at radius 1 is 1.11 bits per heavy atom. The van der Waals surface area contributed by atoms with Crippen molar-refractivity contribution in [3.05, 3.63) is 59.9 Å². The number of likely N-dealkylation sites (tertiary alicyclic amines) is 1. The third kappa shape index (κ3) is 5.19. The van der Waals surface area contributed by atoms with E-state index in [4.69, 9.17) is 5.84 Å². The minimum atomic E-state index is -0.937. The van der Waals surface area contributed by atoms with Gasteiger partial charge in [0.1, 0.15) is 6.04 Å². The van der Waals surface area contributed by atoms with Crippen LogP contribution in [0.2, 0.25) is 0 Å². The van der Waals surface area contributed by atoms with Gasteiger partial charge in [-0.1, -0.05) is 24.0 Å². The third-order valence-corrected chi connectivity index (χ3v) is 6.87. The number of hydrazine groups is 1. The summed E-state index contributed by atoms with van der Waals surface area (Å²) in [7, 11) is 0. The highest BCUT2D eigenvalue weighted by Gasteiger charge is 2.46. The number of nitrogen functional groups attached to an aromatic ring is 1. The molecule has 1 saturated heterocycles. The molecule has 1 aromatic carbocycles. The monoisotopic (exact) mass is 507 g/mol. The van der Waals surface area contributed by atoms with Crippen molar-refractivity contribution in [2.75, 3.05) is 6.54 Å². The van der Waals surface area contributed by atoms with Crippen molar-refractivity contribution in [1.82, 2.24) is 20.3 Å². The number of carbonyl (C=O) groups excluding carboxylic acids is 2. The molecule has 0 spiro atoms. The van der Waals surface area contributed by atoms with Gasteiger partial charge >= 0.3 is 5.97 Å². The molecule has 3 unspecified atom stereocenters. The van der Waals surface area contributed by atoms with Crippen LogP contribution < -0.4 is 11.3 Å². The zero-order valence-electron chi connectivity index (χ0n) is 20.5. The molecule has 5 rings (SSSR count). The van der Waals surface area contributed by atoms with Crippen molar-refractivity contribution < 1.29 is 19.5 Å². The second-order valence-corrected chi connectivity index (χ2v) is 9.35. The van der Waals surface area contributed by atoms with E-state index in [-0.39, 0.29) is 17.7 Å². The largest absolute Gasteiger partial charge is 0.480 e. The highest BCUT2D eigenvalue weighted by Crippen LogP contribution is 2.40. The number of hydrogen-bond acceptors (Lipinski definition) is 6. The Morgan fingerprint density at radius 2 is 1.92 bits per heavy atom. The van der Waals surface area contributed by atoms with Crippen molar-refractivity contribution in [3.63, 3.8) is 0 Å². The summed E-state index contributed by atoms with van der Waals surface area (Å²) in [6.45, 7) is 0.496. The fourth-order valence-corrected chi connectivity index (χ4v) is 4.73. The normalized spacial score (nSPS) is 19.9. The van der Waals surface area contributed by atoms with Crippen molar-refractivity contribution >= 4 is 28.7 Å². The van der Waals surface area contributed by atoms with E-state index in [1.807, 2.05) is 24.3 Å². The summed E-state index contributed by atoms with van der Waals surface area (Å²) in [6, 6.07) is 10.1. The average molecular weight is 508 g/mol. The van der Waals surface area contributed by atoms with Crippen molar-refractivity contribution in [2.45, 2.75) is 31.7 Å². The van der Waals surface area contributed by atoms with E-state index in [0.29, 0.717) is 41.5 Å². The van der Waals surface area contributed by atoms with Gasteiger partial charge in [-0.25, -0.2) is 15.6 Å². The number of fused-ring (bicyclic) bond motifs is 1. The maximum Gasteiger partial charge on any atom is 0.326 e. The number of nitrogens with zero attached hydrogens (tertiary/aromatic N) is 3. The molecule has 38 heavy (non-hydrogen) atoms. The molecule has 9 nitrogen and oxygen atoms in total. The summed E-state index contributed by atoms with van der Waals surface area (Å²) in [5, 5.41) is 10.0. The third-order valence-electron chi connectivity index (χ3n) is 6.87. The first kappa shape index (κ1) is 24.9. The summed E-state index contributed by atoms with van der Waals surface area (Å²) in [4.78, 5) is 46.7. The number of carboxylic acids is 1. The molecule has 0 radical (unpaired) electrons. The van der Waals surface area contributed by atoms with Gasteiger partial charge in [0.05, 0.1) is 22.7 Å². The summed E-state index contributed by atoms with van der Waals surface area (Å²) < 4.78 is 0. The van der Waals surface area contributed by atoms with Crippen molar-refractivity contribution in [3.8, 4) is 34.9 Å². The Balaban J connectivity index is 1.25. The first-order valence-corrected chi connectivity index (χ1v) is 12.4. The summed E-state index contributed by atoms with van der Waals surface area (Å²) in [5.74, 6) is 15.3. The maximum absolute atomic E-state index is 12.8. The standard InChI is InChI=1S/C29H25N5O4/c30-33-27(35)22-16-25(32-24-12-13-31-17-23(22)24)19-10-8-18(9-11-19)5-1-2-6-20-15-21(20)28(36)34-14-4-3-7-26(34)29(37)38/h8-13,16-17,20-21,26H,3-4,7,14-15,30H2,(H,33,35)(H,37,38). The number of benzene rings is 1. The van der Waals surface area contributed by atoms with Gasteiger partial charge in [0.25, 0.3) is 5.91 Å². The number of amides is 2. The quantitative estimate of drug-likeness (QED) is 0.213. The molecule has 0 bridgehead atoms. The SMILES string of the molecule is NNC(=O)c1cc(-c2ccc(C#CC#CC3CC3C(=O)N3CCCCC3C(=O)O)cc2)nc2ccncc12. The van der Waals surface area contributed by atoms with E-state index in [1.54, 1.807) is 24.5 Å². The molecule has 1 aliphatic heterocycles. The Hall–Kier alpha value is -4.73. The van der Waals surface area contributed by atoms with Crippen molar-refractivity contribution in [1.29, 1.82) is 0 Å². The molecule has 2 aliphatic rings. The molecule has 4 N–H and O–H groups in total. The zero-order chi connectivity index (χ0) is 26.6. The molecule has 3 heterocycles. The van der Waals surface area contributed by atoms with Gasteiger partial charge in [-0.2, -0.15) is 0 Å². The van der Waals surface area contributed by atoms with Gasteiger partial charge in [0.2, 0.25) is 5.91 Å². The average Bonchev–Trinajstić information content (AvgIpc) is 3.73. The smallest absolute Gasteiger partial charge is 0.326 e. The van der Waals surface area contributed by atoms with E-state index in [9.17, 15) is 19.5 Å². The highest BCUT2D eigenvalue weighted by molar-refractivity contribution is 6.06. The van der Waals surface area contributed by atoms with Gasteiger partial charge in [0, 0.05) is 41.4 Å². The second-order valence-electron chi connectivity index (χ2n) is 9.35. The predicted octanol–water partition coefficient (Wildman–Crippen LogP) is 2.36. The van der Waals surface area contributed by atoms with Crippen LogP contribution in [-0.4, -0.2) is 50.3 Å². The Labute approximate surface area is 219 Å². The van der Waals surface area contributed by atoms with Gasteiger partial charge in [-0.3, -0.25) is 20.0 Å². The number of nitrogens with two attached hydrogens (primary N) is 1. The van der Waals surface area contributed by atoms with E-state index in [0.717, 1.165) is 24.0 Å². The molecular weight excluding hydrogens is 482 g/mol. The van der Waals surface area contributed by atoms with Gasteiger partial charge < -0.3 is 10.0 Å². The number of nitrogens with one attached hydrogen (secondary N) is 1. The number of pyridine rings is 2. The molecule has 1 aliphatic carbocycles. The zero-order valence-corrected chi connectivity index (χ0v) is 20.5. The molecule has 3 atom stereocenters. The number of aliphatic carboxylic acids is 1. The van der Waals surface area contributed by atoms with Crippen LogP contribution in [-0.2, 0) is 9.59 Å². The van der Waals surface area contributed by atoms with E-state index >= 15 is 0 Å². The Kier molecular flexibility index (Phi) is 7.03. The minimum Gasteiger partial charge on any atom is -0.480 e. The summed E-state index contributed by atoms with van der Waals surface area (Å²) in [5.41, 5.74) is 5.36. The minimum absolute atomic E-state index is 0.0790. The lowest BCUT2D eigenvalue weighted by atomic mass is 10.0. The van der Waals surface area contributed by atoms with E-state index < -0.39 is 17.9 Å². The molecule has 1 saturated carbocycles. The molecular formula is C29H25N5O4. The lowest BCUT2D eigenvalue weighted by Crippen LogP contribution is -2.48.